The summed E-state index contributed by atoms with van der Waals surface area (Å²) >= 11 is 0. The maximum atomic E-state index is 12.2. The first-order chi connectivity index (χ1) is 12.7. The highest BCUT2D eigenvalue weighted by Crippen LogP contribution is 2.28. The Bertz CT molecular complexity index is 660. The number of carbonyl (C=O) groups excluding carboxylic acids is 1. The predicted octanol–water partition coefficient (Wildman–Crippen LogP) is 3.83. The summed E-state index contributed by atoms with van der Waals surface area (Å²) in [5.74, 6) is 0.992. The second kappa shape index (κ2) is 8.09. The van der Waals surface area contributed by atoms with Gasteiger partial charge in [0.2, 0.25) is 0 Å². The van der Waals surface area contributed by atoms with Gasteiger partial charge in [-0.3, -0.25) is 0 Å². The fraction of sp³-hybridized carbons (Fsp3) is 0.682. The molecule has 1 aliphatic carbocycles. The highest BCUT2D eigenvalue weighted by molar-refractivity contribution is 5.68. The summed E-state index contributed by atoms with van der Waals surface area (Å²) in [4.78, 5) is 16.5. The zero-order valence-corrected chi connectivity index (χ0v) is 17.2. The molecular formula is C22H34N2O3. The van der Waals surface area contributed by atoms with Crippen molar-refractivity contribution in [2.24, 2.45) is 5.92 Å². The minimum Gasteiger partial charge on any atom is -0.508 e. The number of phenolic OH excluding ortho intramolecular Hbond substituents is 1. The summed E-state index contributed by atoms with van der Waals surface area (Å²) in [6.45, 7) is 8.38. The number of likely N-dealkylation sites (N-methyl/N-ethyl adjacent to an activating group) is 1. The number of piperidine rings is 1. The monoisotopic (exact) mass is 374 g/mol. The lowest BCUT2D eigenvalue weighted by Gasteiger charge is -2.38. The second-order valence-corrected chi connectivity index (χ2v) is 9.20. The molecule has 3 rings (SSSR count). The molecule has 1 unspecified atom stereocenters. The Balaban J connectivity index is 1.47. The lowest BCUT2D eigenvalue weighted by Crippen LogP contribution is -2.45. The van der Waals surface area contributed by atoms with Crippen molar-refractivity contribution >= 4 is 6.09 Å². The van der Waals surface area contributed by atoms with Gasteiger partial charge in [-0.25, -0.2) is 4.79 Å². The van der Waals surface area contributed by atoms with Gasteiger partial charge in [0.05, 0.1) is 0 Å². The van der Waals surface area contributed by atoms with Crippen molar-refractivity contribution in [2.45, 2.75) is 64.5 Å². The first kappa shape index (κ1) is 20.0. The Kier molecular flexibility index (Phi) is 5.99. The topological polar surface area (TPSA) is 53.0 Å². The number of carbonyl (C=O) groups is 1. The molecule has 1 atom stereocenters. The minimum atomic E-state index is -0.431. The van der Waals surface area contributed by atoms with E-state index in [1.54, 1.807) is 6.07 Å². The Labute approximate surface area is 163 Å². The van der Waals surface area contributed by atoms with Crippen LogP contribution in [0.2, 0.25) is 0 Å². The van der Waals surface area contributed by atoms with Crippen LogP contribution in [-0.4, -0.2) is 59.3 Å². The standard InChI is InChI=1S/C22H34N2O3/c1-22(2,3)27-21(26)24-11-9-16(10-12-24)15-23(4)19-7-5-17-6-8-20(25)14-18(17)13-19/h6,8,14,16,19,25H,5,7,9-13,15H2,1-4H3. The zero-order chi connectivity index (χ0) is 19.6. The molecule has 0 bridgehead atoms. The number of amides is 1. The second-order valence-electron chi connectivity index (χ2n) is 9.20. The Morgan fingerprint density at radius 2 is 1.93 bits per heavy atom. The number of phenols is 1. The number of rotatable bonds is 3. The molecule has 0 radical (unpaired) electrons. The van der Waals surface area contributed by atoms with Crippen molar-refractivity contribution in [3.63, 3.8) is 0 Å². The zero-order valence-electron chi connectivity index (χ0n) is 17.2. The van der Waals surface area contributed by atoms with Crippen molar-refractivity contribution in [3.05, 3.63) is 29.3 Å². The van der Waals surface area contributed by atoms with Gasteiger partial charge in [-0.15, -0.1) is 0 Å². The molecule has 0 aromatic heterocycles. The van der Waals surface area contributed by atoms with Crippen LogP contribution in [-0.2, 0) is 17.6 Å². The van der Waals surface area contributed by atoms with Crippen LogP contribution in [0.5, 0.6) is 5.75 Å². The van der Waals surface area contributed by atoms with Gasteiger partial charge in [-0.05, 0) is 89.1 Å². The lowest BCUT2D eigenvalue weighted by molar-refractivity contribution is 0.0166. The van der Waals surface area contributed by atoms with Gasteiger partial charge < -0.3 is 19.6 Å². The molecule has 1 aromatic rings. The molecule has 2 aliphatic rings. The van der Waals surface area contributed by atoms with Crippen molar-refractivity contribution < 1.29 is 14.6 Å². The summed E-state index contributed by atoms with van der Waals surface area (Å²) in [7, 11) is 2.22. The van der Waals surface area contributed by atoms with Crippen LogP contribution in [0, 0.1) is 5.92 Å². The van der Waals surface area contributed by atoms with Crippen LogP contribution in [0.3, 0.4) is 0 Å². The number of benzene rings is 1. The number of fused-ring (bicyclic) bond motifs is 1. The minimum absolute atomic E-state index is 0.182. The number of aryl methyl sites for hydroxylation is 1. The van der Waals surface area contributed by atoms with Crippen molar-refractivity contribution in [1.82, 2.24) is 9.80 Å². The van der Waals surface area contributed by atoms with Crippen LogP contribution >= 0.6 is 0 Å². The van der Waals surface area contributed by atoms with E-state index in [-0.39, 0.29) is 6.09 Å². The van der Waals surface area contributed by atoms with Crippen LogP contribution < -0.4 is 0 Å². The quantitative estimate of drug-likeness (QED) is 0.874. The van der Waals surface area contributed by atoms with Gasteiger partial charge in [0.15, 0.2) is 0 Å². The molecule has 1 aliphatic heterocycles. The molecule has 0 saturated carbocycles. The van der Waals surface area contributed by atoms with E-state index in [4.69, 9.17) is 4.74 Å². The van der Waals surface area contributed by atoms with Crippen molar-refractivity contribution in [3.8, 4) is 5.75 Å². The van der Waals surface area contributed by atoms with E-state index in [0.29, 0.717) is 17.7 Å². The molecule has 0 spiro atoms. The fourth-order valence-electron chi connectivity index (χ4n) is 4.28. The molecule has 1 amide bonds. The van der Waals surface area contributed by atoms with Gasteiger partial charge in [0.1, 0.15) is 11.4 Å². The summed E-state index contributed by atoms with van der Waals surface area (Å²) in [5, 5.41) is 9.76. The number of ether oxygens (including phenoxy) is 1. The molecule has 1 fully saturated rings. The van der Waals surface area contributed by atoms with Crippen molar-refractivity contribution in [1.29, 1.82) is 0 Å². The van der Waals surface area contributed by atoms with Gasteiger partial charge in [0, 0.05) is 25.7 Å². The predicted molar refractivity (Wildman–Crippen MR) is 107 cm³/mol. The SMILES string of the molecule is CN(CC1CCN(C(=O)OC(C)(C)C)CC1)C1CCc2ccc(O)cc2C1. The third kappa shape index (κ3) is 5.38. The van der Waals surface area contributed by atoms with Crippen LogP contribution in [0.25, 0.3) is 0 Å². The van der Waals surface area contributed by atoms with Gasteiger partial charge in [-0.2, -0.15) is 0 Å². The number of aromatic hydroxyl groups is 1. The molecular weight excluding hydrogens is 340 g/mol. The Morgan fingerprint density at radius 1 is 1.22 bits per heavy atom. The van der Waals surface area contributed by atoms with E-state index >= 15 is 0 Å². The van der Waals surface area contributed by atoms with Crippen LogP contribution in [0.15, 0.2) is 18.2 Å². The fourth-order valence-corrected chi connectivity index (χ4v) is 4.28. The van der Waals surface area contributed by atoms with E-state index in [2.05, 4.69) is 18.0 Å². The highest BCUT2D eigenvalue weighted by atomic mass is 16.6. The van der Waals surface area contributed by atoms with E-state index in [9.17, 15) is 9.90 Å². The highest BCUT2D eigenvalue weighted by Gasteiger charge is 2.29. The molecule has 1 N–H and O–H groups in total. The van der Waals surface area contributed by atoms with Gasteiger partial charge >= 0.3 is 6.09 Å². The number of likely N-dealkylation sites (tertiary alicyclic amines) is 1. The molecule has 1 saturated heterocycles. The third-order valence-corrected chi connectivity index (χ3v) is 5.83. The third-order valence-electron chi connectivity index (χ3n) is 5.83. The molecule has 150 valence electrons. The normalized spacial score (nSPS) is 21.2. The Morgan fingerprint density at radius 3 is 2.59 bits per heavy atom. The van der Waals surface area contributed by atoms with Crippen molar-refractivity contribution in [2.75, 3.05) is 26.7 Å². The number of hydrogen-bond donors (Lipinski definition) is 1. The molecule has 1 aromatic carbocycles. The van der Waals surface area contributed by atoms with E-state index in [1.807, 2.05) is 31.7 Å². The average Bonchev–Trinajstić information content (AvgIpc) is 2.60. The summed E-state index contributed by atoms with van der Waals surface area (Å²) in [6.07, 6.45) is 5.16. The summed E-state index contributed by atoms with van der Waals surface area (Å²) in [6, 6.07) is 6.31. The molecule has 27 heavy (non-hydrogen) atoms. The maximum absolute atomic E-state index is 12.2. The summed E-state index contributed by atoms with van der Waals surface area (Å²) in [5.41, 5.74) is 2.24. The van der Waals surface area contributed by atoms with E-state index in [0.717, 1.165) is 45.3 Å². The number of nitrogens with zero attached hydrogens (tertiary/aromatic N) is 2. The van der Waals surface area contributed by atoms with Crippen LogP contribution in [0.4, 0.5) is 4.79 Å². The molecule has 1 heterocycles. The van der Waals surface area contributed by atoms with Crippen LogP contribution in [0.1, 0.15) is 51.2 Å². The largest absolute Gasteiger partial charge is 0.508 e. The van der Waals surface area contributed by atoms with Gasteiger partial charge in [-0.1, -0.05) is 6.07 Å². The number of hydrogen-bond acceptors (Lipinski definition) is 4. The molecule has 5 nitrogen and oxygen atoms in total. The maximum Gasteiger partial charge on any atom is 0.410 e. The Hall–Kier alpha value is -1.75. The smallest absolute Gasteiger partial charge is 0.410 e. The average molecular weight is 375 g/mol. The first-order valence-corrected chi connectivity index (χ1v) is 10.2. The molecule has 5 heteroatoms. The van der Waals surface area contributed by atoms with E-state index < -0.39 is 5.60 Å². The van der Waals surface area contributed by atoms with E-state index in [1.165, 1.54) is 17.5 Å². The van der Waals surface area contributed by atoms with Gasteiger partial charge in [0.25, 0.3) is 0 Å². The first-order valence-electron chi connectivity index (χ1n) is 10.2. The lowest BCUT2D eigenvalue weighted by atomic mass is 9.86. The summed E-state index contributed by atoms with van der Waals surface area (Å²) < 4.78 is 5.49.